The van der Waals surface area contributed by atoms with Gasteiger partial charge in [0.1, 0.15) is 12.6 Å². The molecule has 0 radical (unpaired) electrons. The van der Waals surface area contributed by atoms with Crippen LogP contribution in [0.5, 0.6) is 11.5 Å². The van der Waals surface area contributed by atoms with E-state index in [1.807, 2.05) is 6.08 Å². The van der Waals surface area contributed by atoms with E-state index in [1.165, 1.54) is 84.2 Å². The summed E-state index contributed by atoms with van der Waals surface area (Å²) in [5.74, 6) is -0.397. The van der Waals surface area contributed by atoms with Crippen LogP contribution < -0.4 is 20.5 Å². The second-order valence-corrected chi connectivity index (χ2v) is 9.39. The van der Waals surface area contributed by atoms with Crippen LogP contribution in [-0.4, -0.2) is 36.7 Å². The molecule has 0 spiro atoms. The van der Waals surface area contributed by atoms with Gasteiger partial charge in [-0.2, -0.15) is 0 Å². The Morgan fingerprint density at radius 2 is 1.53 bits per heavy atom. The van der Waals surface area contributed by atoms with Crippen molar-refractivity contribution in [1.29, 1.82) is 0 Å². The van der Waals surface area contributed by atoms with Crippen LogP contribution in [0.25, 0.3) is 0 Å². The third-order valence-electron chi connectivity index (χ3n) is 6.17. The number of aliphatic carboxylic acids is 1. The molecule has 0 aliphatic carbocycles. The van der Waals surface area contributed by atoms with Gasteiger partial charge in [-0.3, -0.25) is 9.59 Å². The first kappa shape index (κ1) is 31.5. The Bertz CT molecular complexity index is 766. The minimum atomic E-state index is -1.13. The molecule has 0 aliphatic rings. The summed E-state index contributed by atoms with van der Waals surface area (Å²) < 4.78 is 10.7. The molecule has 36 heavy (non-hydrogen) atoms. The summed E-state index contributed by atoms with van der Waals surface area (Å²) in [6.45, 7) is 2.46. The normalized spacial score (nSPS) is 12.0. The van der Waals surface area contributed by atoms with Gasteiger partial charge in [0.2, 0.25) is 5.91 Å². The molecule has 0 aliphatic heterocycles. The van der Waals surface area contributed by atoms with E-state index in [4.69, 9.17) is 20.3 Å². The standard InChI is InChI=1S/C29H48N2O5/c1-3-4-5-6-7-8-9-10-11-12-13-14-15-16-17-18-28(32)31-22-24-19-20-26(27(21-24)35-2)36-23-25(30)29(33)34/h17-21,25H,3-16,22-23,30H2,1-2H3,(H,31,32)(H,33,34). The van der Waals surface area contributed by atoms with Gasteiger partial charge in [0.05, 0.1) is 7.11 Å². The van der Waals surface area contributed by atoms with Crippen LogP contribution in [0.3, 0.4) is 0 Å². The fourth-order valence-corrected chi connectivity index (χ4v) is 3.91. The van der Waals surface area contributed by atoms with Gasteiger partial charge in [-0.15, -0.1) is 0 Å². The average molecular weight is 505 g/mol. The molecule has 0 saturated heterocycles. The van der Waals surface area contributed by atoms with Crippen molar-refractivity contribution in [1.82, 2.24) is 5.32 Å². The van der Waals surface area contributed by atoms with Gasteiger partial charge in [0.25, 0.3) is 0 Å². The fourth-order valence-electron chi connectivity index (χ4n) is 3.91. The lowest BCUT2D eigenvalue weighted by Crippen LogP contribution is -2.36. The molecule has 1 unspecified atom stereocenters. The summed E-state index contributed by atoms with van der Waals surface area (Å²) in [6.07, 6.45) is 21.8. The molecule has 1 atom stereocenters. The molecule has 0 fully saturated rings. The summed E-state index contributed by atoms with van der Waals surface area (Å²) in [6, 6.07) is 4.11. The number of carbonyl (C=O) groups excluding carboxylic acids is 1. The number of hydrogen-bond acceptors (Lipinski definition) is 5. The van der Waals surface area contributed by atoms with Crippen molar-refractivity contribution in [2.24, 2.45) is 5.73 Å². The molecule has 7 nitrogen and oxygen atoms in total. The Balaban J connectivity index is 2.12. The van der Waals surface area contributed by atoms with Crippen molar-refractivity contribution in [2.45, 2.75) is 109 Å². The van der Waals surface area contributed by atoms with Gasteiger partial charge < -0.3 is 25.6 Å². The van der Waals surface area contributed by atoms with Gasteiger partial charge >= 0.3 is 5.97 Å². The molecular weight excluding hydrogens is 456 g/mol. The van der Waals surface area contributed by atoms with Crippen LogP contribution in [0, 0.1) is 0 Å². The van der Waals surface area contributed by atoms with Crippen molar-refractivity contribution in [3.63, 3.8) is 0 Å². The monoisotopic (exact) mass is 504 g/mol. The number of benzene rings is 1. The van der Waals surface area contributed by atoms with Crippen LogP contribution in [-0.2, 0) is 16.1 Å². The lowest BCUT2D eigenvalue weighted by atomic mass is 10.0. The van der Waals surface area contributed by atoms with Gasteiger partial charge in [-0.1, -0.05) is 96.1 Å². The topological polar surface area (TPSA) is 111 Å². The third kappa shape index (κ3) is 15.5. The van der Waals surface area contributed by atoms with Crippen molar-refractivity contribution >= 4 is 11.9 Å². The highest BCUT2D eigenvalue weighted by molar-refractivity contribution is 5.87. The second-order valence-electron chi connectivity index (χ2n) is 9.39. The molecule has 1 aromatic carbocycles. The zero-order valence-electron chi connectivity index (χ0n) is 22.4. The first-order valence-electron chi connectivity index (χ1n) is 13.7. The molecular formula is C29H48N2O5. The van der Waals surface area contributed by atoms with E-state index in [0.29, 0.717) is 18.0 Å². The SMILES string of the molecule is CCCCCCCCCCCCCCCC=CC(=O)NCc1ccc(OCC(N)C(=O)O)c(OC)c1. The largest absolute Gasteiger partial charge is 0.493 e. The van der Waals surface area contributed by atoms with E-state index in [2.05, 4.69) is 12.2 Å². The number of carboxylic acids is 1. The van der Waals surface area contributed by atoms with E-state index >= 15 is 0 Å². The molecule has 1 amide bonds. The number of nitrogens with one attached hydrogen (secondary N) is 1. The molecule has 0 heterocycles. The highest BCUT2D eigenvalue weighted by Crippen LogP contribution is 2.28. The van der Waals surface area contributed by atoms with E-state index in [-0.39, 0.29) is 12.5 Å². The molecule has 1 aromatic rings. The Labute approximate surface area is 217 Å². The number of rotatable bonds is 22. The molecule has 0 saturated carbocycles. The smallest absolute Gasteiger partial charge is 0.324 e. The summed E-state index contributed by atoms with van der Waals surface area (Å²) >= 11 is 0. The molecule has 0 aromatic heterocycles. The average Bonchev–Trinajstić information content (AvgIpc) is 2.88. The summed E-state index contributed by atoms with van der Waals surface area (Å²) in [4.78, 5) is 22.9. The Morgan fingerprint density at radius 1 is 0.944 bits per heavy atom. The Kier molecular flexibility index (Phi) is 18.0. The maximum Gasteiger partial charge on any atom is 0.324 e. The number of ether oxygens (including phenoxy) is 2. The van der Waals surface area contributed by atoms with Crippen molar-refractivity contribution in [2.75, 3.05) is 13.7 Å². The number of carbonyl (C=O) groups is 2. The van der Waals surface area contributed by atoms with Crippen molar-refractivity contribution in [3.05, 3.63) is 35.9 Å². The Morgan fingerprint density at radius 3 is 2.08 bits per heavy atom. The molecule has 204 valence electrons. The van der Waals surface area contributed by atoms with E-state index in [9.17, 15) is 9.59 Å². The number of unbranched alkanes of at least 4 members (excludes halogenated alkanes) is 13. The zero-order chi connectivity index (χ0) is 26.4. The number of carboxylic acid groups (broad SMARTS) is 1. The first-order valence-corrected chi connectivity index (χ1v) is 13.7. The van der Waals surface area contributed by atoms with Crippen LogP contribution in [0.4, 0.5) is 0 Å². The van der Waals surface area contributed by atoms with Gasteiger partial charge in [0, 0.05) is 6.54 Å². The predicted octanol–water partition coefficient (Wildman–Crippen LogP) is 6.14. The number of amides is 1. The van der Waals surface area contributed by atoms with Gasteiger partial charge in [0.15, 0.2) is 11.5 Å². The molecule has 4 N–H and O–H groups in total. The predicted molar refractivity (Wildman–Crippen MR) is 145 cm³/mol. The Hall–Kier alpha value is -2.54. The zero-order valence-corrected chi connectivity index (χ0v) is 22.4. The lowest BCUT2D eigenvalue weighted by Gasteiger charge is -2.14. The first-order chi connectivity index (χ1) is 17.5. The quantitative estimate of drug-likeness (QED) is 0.129. The van der Waals surface area contributed by atoms with Crippen LogP contribution >= 0.6 is 0 Å². The molecule has 1 rings (SSSR count). The minimum absolute atomic E-state index is 0.128. The highest BCUT2D eigenvalue weighted by Gasteiger charge is 2.14. The maximum absolute atomic E-state index is 12.1. The van der Waals surface area contributed by atoms with E-state index < -0.39 is 12.0 Å². The number of nitrogens with two attached hydrogens (primary N) is 1. The molecule has 0 bridgehead atoms. The van der Waals surface area contributed by atoms with E-state index in [0.717, 1.165) is 18.4 Å². The maximum atomic E-state index is 12.1. The van der Waals surface area contributed by atoms with Gasteiger partial charge in [-0.25, -0.2) is 0 Å². The number of methoxy groups -OCH3 is 1. The lowest BCUT2D eigenvalue weighted by molar-refractivity contribution is -0.139. The number of allylic oxidation sites excluding steroid dienone is 1. The van der Waals surface area contributed by atoms with Crippen LogP contribution in [0.2, 0.25) is 0 Å². The van der Waals surface area contributed by atoms with Crippen molar-refractivity contribution < 1.29 is 24.2 Å². The van der Waals surface area contributed by atoms with Crippen LogP contribution in [0.1, 0.15) is 102 Å². The summed E-state index contributed by atoms with van der Waals surface area (Å²) in [5, 5.41) is 11.7. The fraction of sp³-hybridized carbons (Fsp3) is 0.655. The van der Waals surface area contributed by atoms with Gasteiger partial charge in [-0.05, 0) is 36.6 Å². The molecule has 7 heteroatoms. The third-order valence-corrected chi connectivity index (χ3v) is 6.17. The number of hydrogen-bond donors (Lipinski definition) is 3. The summed E-state index contributed by atoms with van der Waals surface area (Å²) in [7, 11) is 1.50. The highest BCUT2D eigenvalue weighted by atomic mass is 16.5. The summed E-state index contributed by atoms with van der Waals surface area (Å²) in [5.41, 5.74) is 6.31. The van der Waals surface area contributed by atoms with Crippen molar-refractivity contribution in [3.8, 4) is 11.5 Å². The second kappa shape index (κ2) is 20.6. The van der Waals surface area contributed by atoms with E-state index in [1.54, 1.807) is 24.3 Å². The minimum Gasteiger partial charge on any atom is -0.493 e. The van der Waals surface area contributed by atoms with Crippen LogP contribution in [0.15, 0.2) is 30.4 Å².